The molecule has 3 heterocycles. The van der Waals surface area contributed by atoms with Crippen LogP contribution in [0.15, 0.2) is 72.9 Å². The van der Waals surface area contributed by atoms with E-state index in [9.17, 15) is 0 Å². The number of pyridine rings is 1. The van der Waals surface area contributed by atoms with Crippen molar-refractivity contribution < 1.29 is 0 Å². The lowest BCUT2D eigenvalue weighted by Gasteiger charge is -2.44. The van der Waals surface area contributed by atoms with Crippen LogP contribution in [0.4, 0.5) is 0 Å². The second-order valence-electron chi connectivity index (χ2n) is 8.20. The molecule has 1 aromatic heterocycles. The summed E-state index contributed by atoms with van der Waals surface area (Å²) < 4.78 is 0. The average Bonchev–Trinajstić information content (AvgIpc) is 3.00. The Morgan fingerprint density at radius 1 is 0.759 bits per heavy atom. The third-order valence-corrected chi connectivity index (χ3v) is 7.28. The molecule has 2 aliphatic rings. The Balaban J connectivity index is 1.54. The molecule has 2 bridgehead atoms. The monoisotopic (exact) mass is 422 g/mol. The van der Waals surface area contributed by atoms with E-state index in [0.29, 0.717) is 18.0 Å². The summed E-state index contributed by atoms with van der Waals surface area (Å²) in [5.41, 5.74) is 3.53. The van der Waals surface area contributed by atoms with Gasteiger partial charge >= 0.3 is 0 Å². The van der Waals surface area contributed by atoms with Crippen LogP contribution in [-0.4, -0.2) is 22.0 Å². The Bertz CT molecular complexity index is 931. The van der Waals surface area contributed by atoms with Crippen molar-refractivity contribution in [3.8, 4) is 0 Å². The van der Waals surface area contributed by atoms with Gasteiger partial charge in [0.15, 0.2) is 0 Å². The lowest BCUT2D eigenvalue weighted by Crippen LogP contribution is -2.45. The molecule has 0 saturated carbocycles. The maximum Gasteiger partial charge on any atom is 0.0636 e. The maximum atomic E-state index is 6.70. The van der Waals surface area contributed by atoms with Crippen molar-refractivity contribution >= 4 is 23.2 Å². The summed E-state index contributed by atoms with van der Waals surface area (Å²) in [6.45, 7) is 0. The van der Waals surface area contributed by atoms with Gasteiger partial charge in [-0.05, 0) is 61.1 Å². The van der Waals surface area contributed by atoms with Crippen molar-refractivity contribution in [1.82, 2.24) is 9.88 Å². The summed E-state index contributed by atoms with van der Waals surface area (Å²) in [5, 5.41) is 1.62. The first-order valence-electron chi connectivity index (χ1n) is 10.4. The van der Waals surface area contributed by atoms with Crippen LogP contribution in [0, 0.1) is 0 Å². The van der Waals surface area contributed by atoms with Crippen LogP contribution in [0.3, 0.4) is 0 Å². The van der Waals surface area contributed by atoms with Gasteiger partial charge in [-0.2, -0.15) is 0 Å². The first-order valence-corrected chi connectivity index (χ1v) is 11.1. The molecule has 29 heavy (non-hydrogen) atoms. The molecule has 1 unspecified atom stereocenters. The van der Waals surface area contributed by atoms with Crippen molar-refractivity contribution in [2.75, 3.05) is 0 Å². The lowest BCUT2D eigenvalue weighted by atomic mass is 9.84. The molecular formula is C25H24Cl2N2. The van der Waals surface area contributed by atoms with Crippen LogP contribution < -0.4 is 0 Å². The first-order chi connectivity index (χ1) is 14.2. The highest BCUT2D eigenvalue weighted by molar-refractivity contribution is 6.32. The molecule has 2 aromatic carbocycles. The minimum Gasteiger partial charge on any atom is -0.286 e. The molecule has 2 nitrogen and oxygen atoms in total. The Morgan fingerprint density at radius 2 is 1.31 bits per heavy atom. The largest absolute Gasteiger partial charge is 0.286 e. The summed E-state index contributed by atoms with van der Waals surface area (Å²) in [5.74, 6) is 0.531. The van der Waals surface area contributed by atoms with E-state index in [1.165, 1.54) is 18.5 Å². The van der Waals surface area contributed by atoms with E-state index in [0.717, 1.165) is 34.0 Å². The zero-order chi connectivity index (χ0) is 19.8. The third-order valence-electron chi connectivity index (χ3n) is 6.59. The smallest absolute Gasteiger partial charge is 0.0636 e. The number of fused-ring (bicyclic) bond motifs is 2. The van der Waals surface area contributed by atoms with Crippen molar-refractivity contribution in [3.63, 3.8) is 0 Å². The highest BCUT2D eigenvalue weighted by Crippen LogP contribution is 2.49. The Hall–Kier alpha value is -1.87. The predicted molar refractivity (Wildman–Crippen MR) is 120 cm³/mol. The average molecular weight is 423 g/mol. The summed E-state index contributed by atoms with van der Waals surface area (Å²) in [6, 6.07) is 23.8. The molecule has 2 aliphatic heterocycles. The highest BCUT2D eigenvalue weighted by atomic mass is 35.5. The van der Waals surface area contributed by atoms with E-state index in [-0.39, 0.29) is 6.04 Å². The Morgan fingerprint density at radius 3 is 1.83 bits per heavy atom. The fraction of sp³-hybridized carbons (Fsp3) is 0.320. The van der Waals surface area contributed by atoms with Crippen LogP contribution in [0.5, 0.6) is 0 Å². The number of rotatable bonds is 4. The second kappa shape index (κ2) is 8.10. The summed E-state index contributed by atoms with van der Waals surface area (Å²) in [6.07, 6.45) is 6.64. The van der Waals surface area contributed by atoms with Crippen molar-refractivity contribution in [3.05, 3.63) is 99.8 Å². The molecule has 0 amide bonds. The van der Waals surface area contributed by atoms with Gasteiger partial charge in [-0.3, -0.25) is 9.88 Å². The second-order valence-corrected chi connectivity index (χ2v) is 9.02. The van der Waals surface area contributed by atoms with Crippen LogP contribution >= 0.6 is 23.2 Å². The van der Waals surface area contributed by atoms with Gasteiger partial charge < -0.3 is 0 Å². The van der Waals surface area contributed by atoms with Gasteiger partial charge in [-0.15, -0.1) is 0 Å². The fourth-order valence-electron chi connectivity index (χ4n) is 5.38. The molecule has 3 atom stereocenters. The zero-order valence-electron chi connectivity index (χ0n) is 16.2. The van der Waals surface area contributed by atoms with Crippen LogP contribution in [0.1, 0.15) is 54.5 Å². The SMILES string of the molecule is Clc1ccccc1C(c1ccccc1Cl)N1[C@@H]2CC[C@H]1CC(c1ccccn1)C2. The molecule has 0 N–H and O–H groups in total. The minimum atomic E-state index is 0.0829. The standard InChI is InChI=1S/C25H24Cl2N2/c26-22-9-3-1-7-20(22)25(21-8-2-4-10-23(21)27)29-18-12-13-19(29)16-17(15-18)24-11-5-6-14-28-24/h1-11,14,17-19,25H,12-13,15-16H2/t17?,18-,19+. The van der Waals surface area contributed by atoms with Gasteiger partial charge in [0.2, 0.25) is 0 Å². The first kappa shape index (κ1) is 19.1. The number of aromatic nitrogens is 1. The molecular weight excluding hydrogens is 399 g/mol. The molecule has 2 fully saturated rings. The fourth-order valence-corrected chi connectivity index (χ4v) is 5.85. The van der Waals surface area contributed by atoms with Crippen molar-refractivity contribution in [2.45, 2.75) is 49.7 Å². The van der Waals surface area contributed by atoms with Gasteiger partial charge in [0.05, 0.1) is 6.04 Å². The molecule has 0 radical (unpaired) electrons. The number of halogens is 2. The lowest BCUT2D eigenvalue weighted by molar-refractivity contribution is 0.0926. The van der Waals surface area contributed by atoms with E-state index in [1.807, 2.05) is 36.5 Å². The number of piperidine rings is 1. The Kier molecular flexibility index (Phi) is 5.34. The number of hydrogen-bond donors (Lipinski definition) is 0. The molecule has 2 saturated heterocycles. The van der Waals surface area contributed by atoms with Crippen molar-refractivity contribution in [1.29, 1.82) is 0 Å². The Labute approximate surface area is 182 Å². The van der Waals surface area contributed by atoms with E-state index in [1.54, 1.807) is 0 Å². The van der Waals surface area contributed by atoms with E-state index in [2.05, 4.69) is 46.3 Å². The van der Waals surface area contributed by atoms with Crippen LogP contribution in [0.25, 0.3) is 0 Å². The normalized spacial score (nSPS) is 24.2. The van der Waals surface area contributed by atoms with E-state index < -0.39 is 0 Å². The highest BCUT2D eigenvalue weighted by Gasteiger charge is 2.45. The molecule has 4 heteroatoms. The molecule has 0 aliphatic carbocycles. The van der Waals surface area contributed by atoms with E-state index >= 15 is 0 Å². The third kappa shape index (κ3) is 3.59. The predicted octanol–water partition coefficient (Wildman–Crippen LogP) is 6.89. The quantitative estimate of drug-likeness (QED) is 0.454. The van der Waals surface area contributed by atoms with Crippen LogP contribution in [-0.2, 0) is 0 Å². The molecule has 5 rings (SSSR count). The number of hydrogen-bond acceptors (Lipinski definition) is 2. The van der Waals surface area contributed by atoms with Crippen LogP contribution in [0.2, 0.25) is 10.0 Å². The van der Waals surface area contributed by atoms with Gasteiger partial charge in [0, 0.05) is 39.9 Å². The molecule has 148 valence electrons. The van der Waals surface area contributed by atoms with Gasteiger partial charge in [-0.25, -0.2) is 0 Å². The molecule has 0 spiro atoms. The van der Waals surface area contributed by atoms with E-state index in [4.69, 9.17) is 23.2 Å². The summed E-state index contributed by atoms with van der Waals surface area (Å²) >= 11 is 13.4. The summed E-state index contributed by atoms with van der Waals surface area (Å²) in [7, 11) is 0. The van der Waals surface area contributed by atoms with Gasteiger partial charge in [0.25, 0.3) is 0 Å². The van der Waals surface area contributed by atoms with Crippen molar-refractivity contribution in [2.24, 2.45) is 0 Å². The maximum absolute atomic E-state index is 6.70. The minimum absolute atomic E-state index is 0.0829. The summed E-state index contributed by atoms with van der Waals surface area (Å²) in [4.78, 5) is 7.35. The van der Waals surface area contributed by atoms with Gasteiger partial charge in [0.1, 0.15) is 0 Å². The number of nitrogens with zero attached hydrogens (tertiary/aromatic N) is 2. The number of benzene rings is 2. The van der Waals surface area contributed by atoms with Gasteiger partial charge in [-0.1, -0.05) is 65.7 Å². The topological polar surface area (TPSA) is 16.1 Å². The molecule has 3 aromatic rings. The zero-order valence-corrected chi connectivity index (χ0v) is 17.7.